The van der Waals surface area contributed by atoms with E-state index in [1.165, 1.54) is 19.3 Å². The van der Waals surface area contributed by atoms with Crippen molar-refractivity contribution in [2.45, 2.75) is 38.6 Å². The Labute approximate surface area is 80.3 Å². The van der Waals surface area contributed by atoms with Gasteiger partial charge < -0.3 is 10.6 Å². The normalized spacial score (nSPS) is 25.2. The highest BCUT2D eigenvalue weighted by Gasteiger charge is 2.20. The molecule has 0 unspecified atom stereocenters. The Morgan fingerprint density at radius 1 is 1.62 bits per heavy atom. The van der Waals surface area contributed by atoms with E-state index in [-0.39, 0.29) is 5.91 Å². The van der Waals surface area contributed by atoms with Crippen molar-refractivity contribution in [1.29, 1.82) is 0 Å². The summed E-state index contributed by atoms with van der Waals surface area (Å²) in [5, 5.41) is 6.14. The third kappa shape index (κ3) is 3.35. The van der Waals surface area contributed by atoms with Crippen molar-refractivity contribution in [2.75, 3.05) is 13.6 Å². The molecule has 0 saturated carbocycles. The molecule has 1 heterocycles. The Morgan fingerprint density at radius 3 is 2.92 bits per heavy atom. The van der Waals surface area contributed by atoms with E-state index in [2.05, 4.69) is 17.6 Å². The quantitative estimate of drug-likeness (QED) is 0.684. The van der Waals surface area contributed by atoms with Gasteiger partial charge >= 0.3 is 0 Å². The van der Waals surface area contributed by atoms with Crippen LogP contribution in [0.15, 0.2) is 0 Å². The molecule has 0 aliphatic carbocycles. The molecule has 0 bridgehead atoms. The lowest BCUT2D eigenvalue weighted by molar-refractivity contribution is -0.121. The summed E-state index contributed by atoms with van der Waals surface area (Å²) < 4.78 is 0. The maximum absolute atomic E-state index is 11.1. The molecular formula is C10H20N2O. The van der Waals surface area contributed by atoms with E-state index < -0.39 is 0 Å². The number of hydrogen-bond donors (Lipinski definition) is 2. The van der Waals surface area contributed by atoms with E-state index in [4.69, 9.17) is 0 Å². The van der Waals surface area contributed by atoms with Crippen LogP contribution < -0.4 is 10.6 Å². The predicted octanol–water partition coefficient (Wildman–Crippen LogP) is 0.901. The first-order chi connectivity index (χ1) is 6.24. The van der Waals surface area contributed by atoms with E-state index in [1.54, 1.807) is 7.05 Å². The molecule has 0 aromatic rings. The first-order valence-electron chi connectivity index (χ1n) is 5.18. The first kappa shape index (κ1) is 10.5. The minimum Gasteiger partial charge on any atom is -0.359 e. The highest BCUT2D eigenvalue weighted by molar-refractivity contribution is 5.75. The summed E-state index contributed by atoms with van der Waals surface area (Å²) in [7, 11) is 1.70. The molecular weight excluding hydrogens is 164 g/mol. The first-order valence-corrected chi connectivity index (χ1v) is 5.18. The van der Waals surface area contributed by atoms with Crippen molar-refractivity contribution < 1.29 is 4.79 Å². The van der Waals surface area contributed by atoms with Crippen LogP contribution in [0.3, 0.4) is 0 Å². The van der Waals surface area contributed by atoms with Crippen molar-refractivity contribution in [2.24, 2.45) is 5.92 Å². The van der Waals surface area contributed by atoms with Crippen LogP contribution in [-0.2, 0) is 4.79 Å². The SMILES string of the molecule is CNC(=O)C[C@H](C)[C@@H]1CCCCN1. The minimum absolute atomic E-state index is 0.153. The molecule has 1 fully saturated rings. The molecule has 0 aromatic heterocycles. The fourth-order valence-electron chi connectivity index (χ4n) is 1.90. The summed E-state index contributed by atoms with van der Waals surface area (Å²) in [6.07, 6.45) is 4.45. The Morgan fingerprint density at radius 2 is 2.38 bits per heavy atom. The van der Waals surface area contributed by atoms with Gasteiger partial charge in [0.1, 0.15) is 0 Å². The lowest BCUT2D eigenvalue weighted by atomic mass is 9.91. The van der Waals surface area contributed by atoms with Crippen LogP contribution in [0, 0.1) is 5.92 Å². The van der Waals surface area contributed by atoms with Gasteiger partial charge in [0.2, 0.25) is 5.91 Å². The van der Waals surface area contributed by atoms with Crippen LogP contribution in [0.4, 0.5) is 0 Å². The standard InChI is InChI=1S/C10H20N2O/c1-8(7-10(13)11-2)9-5-3-4-6-12-9/h8-9,12H,3-7H2,1-2H3,(H,11,13)/t8-,9-/m0/s1. The molecule has 0 aromatic carbocycles. The monoisotopic (exact) mass is 184 g/mol. The third-order valence-corrected chi connectivity index (χ3v) is 2.82. The van der Waals surface area contributed by atoms with Crippen molar-refractivity contribution in [3.8, 4) is 0 Å². The lowest BCUT2D eigenvalue weighted by Gasteiger charge is -2.28. The lowest BCUT2D eigenvalue weighted by Crippen LogP contribution is -2.40. The van der Waals surface area contributed by atoms with Crippen LogP contribution in [0.5, 0.6) is 0 Å². The predicted molar refractivity (Wildman–Crippen MR) is 53.5 cm³/mol. The van der Waals surface area contributed by atoms with E-state index in [0.717, 1.165) is 6.54 Å². The summed E-state index contributed by atoms with van der Waals surface area (Å²) in [6, 6.07) is 0.547. The fraction of sp³-hybridized carbons (Fsp3) is 0.900. The zero-order valence-corrected chi connectivity index (χ0v) is 8.60. The maximum Gasteiger partial charge on any atom is 0.220 e. The molecule has 2 N–H and O–H groups in total. The maximum atomic E-state index is 11.1. The van der Waals surface area contributed by atoms with Gasteiger partial charge in [-0.1, -0.05) is 13.3 Å². The number of carbonyl (C=O) groups excluding carboxylic acids is 1. The average Bonchev–Trinajstić information content (AvgIpc) is 2.19. The summed E-state index contributed by atoms with van der Waals surface area (Å²) >= 11 is 0. The van der Waals surface area contributed by atoms with Crippen LogP contribution >= 0.6 is 0 Å². The summed E-state index contributed by atoms with van der Waals surface area (Å²) in [5.74, 6) is 0.611. The highest BCUT2D eigenvalue weighted by atomic mass is 16.1. The van der Waals surface area contributed by atoms with Crippen molar-refractivity contribution in [3.05, 3.63) is 0 Å². The van der Waals surface area contributed by atoms with E-state index in [1.807, 2.05) is 0 Å². The largest absolute Gasteiger partial charge is 0.359 e. The van der Waals surface area contributed by atoms with Crippen LogP contribution in [-0.4, -0.2) is 25.5 Å². The molecule has 1 amide bonds. The Kier molecular flexibility index (Phi) is 4.22. The number of hydrogen-bond acceptors (Lipinski definition) is 2. The molecule has 76 valence electrons. The molecule has 13 heavy (non-hydrogen) atoms. The van der Waals surface area contributed by atoms with E-state index in [0.29, 0.717) is 18.4 Å². The molecule has 0 spiro atoms. The number of carbonyl (C=O) groups is 1. The van der Waals surface area contributed by atoms with Gasteiger partial charge in [-0.2, -0.15) is 0 Å². The Hall–Kier alpha value is -0.570. The number of rotatable bonds is 3. The van der Waals surface area contributed by atoms with Gasteiger partial charge in [-0.05, 0) is 25.3 Å². The third-order valence-electron chi connectivity index (χ3n) is 2.82. The van der Waals surface area contributed by atoms with Gasteiger partial charge in [-0.25, -0.2) is 0 Å². The highest BCUT2D eigenvalue weighted by Crippen LogP contribution is 2.17. The Bertz CT molecular complexity index is 164. The van der Waals surface area contributed by atoms with Gasteiger partial charge in [0.25, 0.3) is 0 Å². The second-order valence-electron chi connectivity index (χ2n) is 3.91. The summed E-state index contributed by atoms with van der Waals surface area (Å²) in [4.78, 5) is 11.1. The van der Waals surface area contributed by atoms with Crippen molar-refractivity contribution in [1.82, 2.24) is 10.6 Å². The second-order valence-corrected chi connectivity index (χ2v) is 3.91. The Balaban J connectivity index is 2.28. The fourth-order valence-corrected chi connectivity index (χ4v) is 1.90. The van der Waals surface area contributed by atoms with Crippen molar-refractivity contribution in [3.63, 3.8) is 0 Å². The van der Waals surface area contributed by atoms with Gasteiger partial charge in [0, 0.05) is 19.5 Å². The van der Waals surface area contributed by atoms with Crippen LogP contribution in [0.25, 0.3) is 0 Å². The molecule has 2 atom stereocenters. The van der Waals surface area contributed by atoms with Crippen LogP contribution in [0.2, 0.25) is 0 Å². The minimum atomic E-state index is 0.153. The van der Waals surface area contributed by atoms with Crippen LogP contribution in [0.1, 0.15) is 32.6 Å². The number of amides is 1. The number of piperidine rings is 1. The molecule has 1 aliphatic heterocycles. The molecule has 3 nitrogen and oxygen atoms in total. The smallest absolute Gasteiger partial charge is 0.220 e. The van der Waals surface area contributed by atoms with Gasteiger partial charge in [-0.15, -0.1) is 0 Å². The number of nitrogens with one attached hydrogen (secondary N) is 2. The van der Waals surface area contributed by atoms with E-state index in [9.17, 15) is 4.79 Å². The van der Waals surface area contributed by atoms with E-state index >= 15 is 0 Å². The molecule has 1 rings (SSSR count). The van der Waals surface area contributed by atoms with Gasteiger partial charge in [0.15, 0.2) is 0 Å². The zero-order chi connectivity index (χ0) is 9.68. The second kappa shape index (κ2) is 5.22. The average molecular weight is 184 g/mol. The van der Waals surface area contributed by atoms with Gasteiger partial charge in [-0.3, -0.25) is 4.79 Å². The molecule has 3 heteroatoms. The zero-order valence-electron chi connectivity index (χ0n) is 8.60. The molecule has 0 radical (unpaired) electrons. The summed E-state index contributed by atoms with van der Waals surface area (Å²) in [5.41, 5.74) is 0. The molecule has 1 saturated heterocycles. The van der Waals surface area contributed by atoms with Gasteiger partial charge in [0.05, 0.1) is 0 Å². The topological polar surface area (TPSA) is 41.1 Å². The summed E-state index contributed by atoms with van der Waals surface area (Å²) in [6.45, 7) is 3.26. The van der Waals surface area contributed by atoms with Crippen molar-refractivity contribution >= 4 is 5.91 Å². The molecule has 1 aliphatic rings.